The summed E-state index contributed by atoms with van der Waals surface area (Å²) >= 11 is 3.18. The smallest absolute Gasteiger partial charge is 0.258 e. The van der Waals surface area contributed by atoms with Crippen LogP contribution >= 0.6 is 22.7 Å². The summed E-state index contributed by atoms with van der Waals surface area (Å²) in [6.07, 6.45) is 0. The minimum absolute atomic E-state index is 0.175. The van der Waals surface area contributed by atoms with Crippen molar-refractivity contribution in [2.75, 3.05) is 6.61 Å². The van der Waals surface area contributed by atoms with E-state index in [0.717, 1.165) is 25.3 Å². The first-order valence-corrected chi connectivity index (χ1v) is 8.64. The van der Waals surface area contributed by atoms with Crippen LogP contribution in [0.1, 0.15) is 11.9 Å². The van der Waals surface area contributed by atoms with Crippen molar-refractivity contribution in [2.45, 2.75) is 19.9 Å². The van der Waals surface area contributed by atoms with Crippen LogP contribution in [0.5, 0.6) is 5.75 Å². The number of primary amides is 1. The molecule has 3 N–H and O–H groups in total. The number of nitrogens with zero attached hydrogens (tertiary/aromatic N) is 1. The molecule has 1 aromatic carbocycles. The molecular formula is C15H15N3O3S2. The fourth-order valence-electron chi connectivity index (χ4n) is 2.20. The quantitative estimate of drug-likeness (QED) is 0.738. The van der Waals surface area contributed by atoms with E-state index in [1.165, 1.54) is 6.92 Å². The molecule has 8 heteroatoms. The maximum Gasteiger partial charge on any atom is 0.258 e. The van der Waals surface area contributed by atoms with Gasteiger partial charge in [-0.2, -0.15) is 0 Å². The summed E-state index contributed by atoms with van der Waals surface area (Å²) in [4.78, 5) is 27.3. The second-order valence-electron chi connectivity index (χ2n) is 5.10. The molecule has 0 aliphatic carbocycles. The van der Waals surface area contributed by atoms with Crippen molar-refractivity contribution >= 4 is 54.8 Å². The number of carbonyl (C=O) groups is 2. The van der Waals surface area contributed by atoms with E-state index >= 15 is 0 Å². The molecular weight excluding hydrogens is 334 g/mol. The third-order valence-electron chi connectivity index (χ3n) is 3.33. The Kier molecular flexibility index (Phi) is 4.18. The summed E-state index contributed by atoms with van der Waals surface area (Å²) in [6, 6.07) is 3.13. The summed E-state index contributed by atoms with van der Waals surface area (Å²) in [5.74, 6) is -0.334. The van der Waals surface area contributed by atoms with Crippen molar-refractivity contribution in [1.82, 2.24) is 10.3 Å². The van der Waals surface area contributed by atoms with Crippen LogP contribution in [0.4, 0.5) is 0 Å². The van der Waals surface area contributed by atoms with Crippen molar-refractivity contribution in [3.63, 3.8) is 0 Å². The second-order valence-corrected chi connectivity index (χ2v) is 7.25. The van der Waals surface area contributed by atoms with E-state index in [9.17, 15) is 9.59 Å². The van der Waals surface area contributed by atoms with Gasteiger partial charge in [-0.3, -0.25) is 9.59 Å². The molecule has 120 valence electrons. The van der Waals surface area contributed by atoms with Gasteiger partial charge in [0.05, 0.1) is 19.9 Å². The van der Waals surface area contributed by atoms with Crippen molar-refractivity contribution in [2.24, 2.45) is 5.73 Å². The lowest BCUT2D eigenvalue weighted by molar-refractivity contribution is -0.128. The van der Waals surface area contributed by atoms with E-state index in [1.807, 2.05) is 24.4 Å². The molecule has 0 radical (unpaired) electrons. The number of aromatic nitrogens is 1. The number of benzene rings is 1. The Labute approximate surface area is 140 Å². The standard InChI is InChI=1S/C15H15N3O3S2/c1-7(15(16)20)17-12(19)6-21-10-5-11-13(18-8(2)23-11)14-9(10)3-4-22-14/h3-5,7H,6H2,1-2H3,(H2,16,20)(H,17,19). The molecule has 3 rings (SSSR count). The lowest BCUT2D eigenvalue weighted by Crippen LogP contribution is -2.44. The number of amides is 2. The highest BCUT2D eigenvalue weighted by molar-refractivity contribution is 7.21. The van der Waals surface area contributed by atoms with E-state index in [1.54, 1.807) is 22.7 Å². The van der Waals surface area contributed by atoms with Gasteiger partial charge in [-0.1, -0.05) is 0 Å². The number of hydrogen-bond donors (Lipinski definition) is 2. The summed E-state index contributed by atoms with van der Waals surface area (Å²) in [5, 5.41) is 6.38. The van der Waals surface area contributed by atoms with Crippen LogP contribution in [-0.2, 0) is 9.59 Å². The van der Waals surface area contributed by atoms with Crippen LogP contribution in [0, 0.1) is 6.92 Å². The van der Waals surface area contributed by atoms with E-state index in [4.69, 9.17) is 10.5 Å². The third-order valence-corrected chi connectivity index (χ3v) is 5.17. The highest BCUT2D eigenvalue weighted by Crippen LogP contribution is 2.38. The molecule has 2 aromatic heterocycles. The van der Waals surface area contributed by atoms with Crippen LogP contribution in [0.15, 0.2) is 17.5 Å². The topological polar surface area (TPSA) is 94.3 Å². The molecule has 2 heterocycles. The van der Waals surface area contributed by atoms with Gasteiger partial charge in [0, 0.05) is 11.5 Å². The fraction of sp³-hybridized carbons (Fsp3) is 0.267. The number of hydrogen-bond acceptors (Lipinski definition) is 6. The first-order valence-electron chi connectivity index (χ1n) is 6.94. The zero-order valence-corrected chi connectivity index (χ0v) is 14.2. The molecule has 1 atom stereocenters. The zero-order chi connectivity index (χ0) is 16.6. The molecule has 6 nitrogen and oxygen atoms in total. The van der Waals surface area contributed by atoms with Gasteiger partial charge in [-0.05, 0) is 25.3 Å². The average Bonchev–Trinajstić information content (AvgIpc) is 3.09. The summed E-state index contributed by atoms with van der Waals surface area (Å²) in [7, 11) is 0. The Morgan fingerprint density at radius 3 is 3.00 bits per heavy atom. The molecule has 0 aliphatic heterocycles. The Bertz CT molecular complexity index is 900. The van der Waals surface area contributed by atoms with Crippen LogP contribution in [-0.4, -0.2) is 29.4 Å². The van der Waals surface area contributed by atoms with Crippen molar-refractivity contribution < 1.29 is 14.3 Å². The Morgan fingerprint density at radius 1 is 1.48 bits per heavy atom. The molecule has 0 bridgehead atoms. The molecule has 0 spiro atoms. The maximum atomic E-state index is 11.8. The highest BCUT2D eigenvalue weighted by atomic mass is 32.1. The number of thiophene rings is 1. The number of thiazole rings is 1. The van der Waals surface area contributed by atoms with Crippen LogP contribution in [0.3, 0.4) is 0 Å². The monoisotopic (exact) mass is 349 g/mol. The molecule has 0 saturated heterocycles. The largest absolute Gasteiger partial charge is 0.483 e. The third kappa shape index (κ3) is 3.13. The van der Waals surface area contributed by atoms with E-state index in [-0.39, 0.29) is 12.5 Å². The zero-order valence-electron chi connectivity index (χ0n) is 12.6. The van der Waals surface area contributed by atoms with Crippen molar-refractivity contribution in [3.8, 4) is 5.75 Å². The number of carbonyl (C=O) groups excluding carboxylic acids is 2. The molecule has 0 saturated carbocycles. The van der Waals surface area contributed by atoms with Gasteiger partial charge >= 0.3 is 0 Å². The molecule has 0 aliphatic rings. The van der Waals surface area contributed by atoms with Gasteiger partial charge in [0.2, 0.25) is 5.91 Å². The van der Waals surface area contributed by atoms with Gasteiger partial charge < -0.3 is 15.8 Å². The van der Waals surface area contributed by atoms with E-state index < -0.39 is 11.9 Å². The maximum absolute atomic E-state index is 11.8. The van der Waals surface area contributed by atoms with Gasteiger partial charge in [-0.25, -0.2) is 4.98 Å². The SMILES string of the molecule is Cc1nc2c(cc(OCC(=O)NC(C)C(N)=O)c3ccsc32)s1. The summed E-state index contributed by atoms with van der Waals surface area (Å²) in [5.41, 5.74) is 6.09. The normalized spacial score (nSPS) is 12.4. The lowest BCUT2D eigenvalue weighted by Gasteiger charge is -2.11. The first kappa shape index (κ1) is 15.7. The Balaban J connectivity index is 1.83. The summed E-state index contributed by atoms with van der Waals surface area (Å²) < 4.78 is 7.73. The van der Waals surface area contributed by atoms with Gasteiger partial charge in [0.15, 0.2) is 6.61 Å². The predicted molar refractivity (Wildman–Crippen MR) is 92.0 cm³/mol. The number of aryl methyl sites for hydroxylation is 1. The number of nitrogens with two attached hydrogens (primary N) is 1. The number of ether oxygens (including phenoxy) is 1. The highest BCUT2D eigenvalue weighted by Gasteiger charge is 2.15. The fourth-order valence-corrected chi connectivity index (χ4v) is 4.04. The second kappa shape index (κ2) is 6.13. The minimum Gasteiger partial charge on any atom is -0.483 e. The minimum atomic E-state index is -0.723. The van der Waals surface area contributed by atoms with Crippen molar-refractivity contribution in [1.29, 1.82) is 0 Å². The first-order chi connectivity index (χ1) is 11.0. The van der Waals surface area contributed by atoms with Crippen LogP contribution < -0.4 is 15.8 Å². The molecule has 2 amide bonds. The number of rotatable bonds is 5. The number of fused-ring (bicyclic) bond motifs is 3. The molecule has 23 heavy (non-hydrogen) atoms. The number of nitrogens with one attached hydrogen (secondary N) is 1. The molecule has 0 fully saturated rings. The van der Waals surface area contributed by atoms with Gasteiger partial charge in [0.1, 0.15) is 11.8 Å². The molecule has 3 aromatic rings. The van der Waals surface area contributed by atoms with Crippen molar-refractivity contribution in [3.05, 3.63) is 22.5 Å². The molecule has 1 unspecified atom stereocenters. The summed E-state index contributed by atoms with van der Waals surface area (Å²) in [6.45, 7) is 3.32. The lowest BCUT2D eigenvalue weighted by atomic mass is 10.2. The van der Waals surface area contributed by atoms with Crippen LogP contribution in [0.2, 0.25) is 0 Å². The van der Waals surface area contributed by atoms with Crippen LogP contribution in [0.25, 0.3) is 20.3 Å². The van der Waals surface area contributed by atoms with Gasteiger partial charge in [0.25, 0.3) is 5.91 Å². The van der Waals surface area contributed by atoms with E-state index in [0.29, 0.717) is 5.75 Å². The Hall–Kier alpha value is -2.19. The van der Waals surface area contributed by atoms with E-state index in [2.05, 4.69) is 10.3 Å². The predicted octanol–water partition coefficient (Wildman–Crippen LogP) is 2.19. The Morgan fingerprint density at radius 2 is 2.26 bits per heavy atom. The average molecular weight is 349 g/mol. The van der Waals surface area contributed by atoms with Gasteiger partial charge in [-0.15, -0.1) is 22.7 Å².